The number of primary amides is 1. The van der Waals surface area contributed by atoms with Crippen LogP contribution in [0.1, 0.15) is 24.4 Å². The number of thioether (sulfide) groups is 1. The average Bonchev–Trinajstić information content (AvgIpc) is 2.91. The van der Waals surface area contributed by atoms with E-state index < -0.39 is 24.2 Å². The molecule has 196 valence electrons. The van der Waals surface area contributed by atoms with Gasteiger partial charge in [-0.3, -0.25) is 9.69 Å². The molecule has 3 atom stereocenters. The Morgan fingerprint density at radius 2 is 1.86 bits per heavy atom. The Bertz CT molecular complexity index is 1020. The highest BCUT2D eigenvalue weighted by molar-refractivity contribution is 7.98. The van der Waals surface area contributed by atoms with Gasteiger partial charge in [-0.05, 0) is 55.0 Å². The molecule has 1 fully saturated rings. The Morgan fingerprint density at radius 3 is 2.47 bits per heavy atom. The van der Waals surface area contributed by atoms with Crippen LogP contribution in [-0.2, 0) is 4.79 Å². The predicted molar refractivity (Wildman–Crippen MR) is 138 cm³/mol. The summed E-state index contributed by atoms with van der Waals surface area (Å²) < 4.78 is 22.5. The number of nitrogens with zero attached hydrogens (tertiary/aromatic N) is 1. The molecule has 1 saturated heterocycles. The van der Waals surface area contributed by atoms with Gasteiger partial charge in [0, 0.05) is 36.6 Å². The minimum absolute atomic E-state index is 0.213. The summed E-state index contributed by atoms with van der Waals surface area (Å²) in [6.07, 6.45) is 2.50. The molecule has 36 heavy (non-hydrogen) atoms. The van der Waals surface area contributed by atoms with Crippen LogP contribution in [0.25, 0.3) is 0 Å². The number of carbonyl (C=O) groups is 1. The Balaban J connectivity index is 1.30. The van der Waals surface area contributed by atoms with E-state index >= 15 is 0 Å². The lowest BCUT2D eigenvalue weighted by molar-refractivity contribution is -0.124. The van der Waals surface area contributed by atoms with Crippen molar-refractivity contribution in [2.24, 2.45) is 5.73 Å². The lowest BCUT2D eigenvalue weighted by atomic mass is 9.98. The molecule has 4 rings (SSSR count). The minimum atomic E-state index is -0.709. The number of aliphatic hydroxyl groups excluding tert-OH is 1. The van der Waals surface area contributed by atoms with Gasteiger partial charge in [0.25, 0.3) is 0 Å². The second kappa shape index (κ2) is 12.1. The number of nitrogens with one attached hydrogen (secondary N) is 1. The maximum absolute atomic E-state index is 12.4. The number of hydrogen-bond acceptors (Lipinski definition) is 9. The summed E-state index contributed by atoms with van der Waals surface area (Å²) >= 11 is 1.64. The first-order chi connectivity index (χ1) is 17.4. The van der Waals surface area contributed by atoms with Crippen LogP contribution in [0.5, 0.6) is 23.0 Å². The Morgan fingerprint density at radius 1 is 1.17 bits per heavy atom. The molecule has 0 radical (unpaired) electrons. The largest absolute Gasteiger partial charge is 0.497 e. The van der Waals surface area contributed by atoms with Crippen molar-refractivity contribution in [1.82, 2.24) is 10.2 Å². The smallest absolute Gasteiger partial charge is 0.239 e. The van der Waals surface area contributed by atoms with Crippen LogP contribution < -0.4 is 30.0 Å². The zero-order valence-electron chi connectivity index (χ0n) is 20.9. The third kappa shape index (κ3) is 6.18. The first kappa shape index (κ1) is 26.4. The minimum Gasteiger partial charge on any atom is -0.497 e. The predicted octanol–water partition coefficient (Wildman–Crippen LogP) is 2.21. The second-order valence-electron chi connectivity index (χ2n) is 9.02. The standard InChI is InChI=1S/C26H35N3O6S/c1-32-18-10-16(11-19(12-18)33-2)25(26(27)31)29-8-6-17(7-9-29)28-14-21(30)24-15-34-23-13-20(36-3)4-5-22(23)35-24/h4-5,10-13,17,21,24-25,28,30H,6-9,14-15H2,1-3H3,(H2,27,31). The van der Waals surface area contributed by atoms with Gasteiger partial charge in [0.1, 0.15) is 30.3 Å². The number of aliphatic hydroxyl groups is 1. The van der Waals surface area contributed by atoms with Crippen LogP contribution in [-0.4, -0.2) is 80.9 Å². The summed E-state index contributed by atoms with van der Waals surface area (Å²) in [7, 11) is 3.15. The molecule has 0 aromatic heterocycles. The van der Waals surface area contributed by atoms with E-state index in [4.69, 9.17) is 24.7 Å². The highest BCUT2D eigenvalue weighted by atomic mass is 32.2. The molecule has 0 aliphatic carbocycles. The number of methoxy groups -OCH3 is 2. The normalized spacial score (nSPS) is 19.9. The number of carbonyl (C=O) groups excluding carboxylic acids is 1. The molecule has 2 aromatic carbocycles. The van der Waals surface area contributed by atoms with E-state index in [1.54, 1.807) is 32.0 Å². The Labute approximate surface area is 216 Å². The molecule has 1 amide bonds. The molecule has 0 spiro atoms. The zero-order valence-corrected chi connectivity index (χ0v) is 21.8. The van der Waals surface area contributed by atoms with Crippen LogP contribution in [0.2, 0.25) is 0 Å². The third-order valence-corrected chi connectivity index (χ3v) is 7.46. The van der Waals surface area contributed by atoms with Crippen LogP contribution in [0.3, 0.4) is 0 Å². The zero-order chi connectivity index (χ0) is 25.7. The number of nitrogens with two attached hydrogens (primary N) is 1. The molecule has 2 heterocycles. The van der Waals surface area contributed by atoms with Crippen LogP contribution in [0.4, 0.5) is 0 Å². The number of fused-ring (bicyclic) bond motifs is 1. The maximum Gasteiger partial charge on any atom is 0.239 e. The summed E-state index contributed by atoms with van der Waals surface area (Å²) in [6.45, 7) is 2.07. The fourth-order valence-electron chi connectivity index (χ4n) is 4.71. The summed E-state index contributed by atoms with van der Waals surface area (Å²) in [5, 5.41) is 14.2. The SMILES string of the molecule is COc1cc(OC)cc(C(C(N)=O)N2CCC(NCC(O)C3COc4cc(SC)ccc4O3)CC2)c1. The lowest BCUT2D eigenvalue weighted by Gasteiger charge is -2.37. The Hall–Kier alpha value is -2.66. The number of benzene rings is 2. The van der Waals surface area contributed by atoms with Crippen LogP contribution in [0, 0.1) is 0 Å². The van der Waals surface area contributed by atoms with Gasteiger partial charge in [0.15, 0.2) is 17.6 Å². The maximum atomic E-state index is 12.4. The highest BCUT2D eigenvalue weighted by Gasteiger charge is 2.32. The first-order valence-electron chi connectivity index (χ1n) is 12.1. The molecule has 2 aromatic rings. The van der Waals surface area contributed by atoms with Crippen molar-refractivity contribution in [3.63, 3.8) is 0 Å². The molecule has 2 aliphatic rings. The molecule has 3 unspecified atom stereocenters. The van der Waals surface area contributed by atoms with Crippen molar-refractivity contribution in [2.45, 2.75) is 42.0 Å². The molecular weight excluding hydrogens is 482 g/mol. The summed E-state index contributed by atoms with van der Waals surface area (Å²) in [6, 6.07) is 10.9. The fourth-order valence-corrected chi connectivity index (χ4v) is 5.14. The lowest BCUT2D eigenvalue weighted by Crippen LogP contribution is -2.50. The quantitative estimate of drug-likeness (QED) is 0.408. The molecule has 2 aliphatic heterocycles. The number of amides is 1. The van der Waals surface area contributed by atoms with Gasteiger partial charge in [-0.1, -0.05) is 0 Å². The van der Waals surface area contributed by atoms with Crippen molar-refractivity contribution < 1.29 is 28.8 Å². The number of likely N-dealkylation sites (tertiary alicyclic amines) is 1. The van der Waals surface area contributed by atoms with E-state index in [1.165, 1.54) is 0 Å². The van der Waals surface area contributed by atoms with Crippen molar-refractivity contribution in [2.75, 3.05) is 46.7 Å². The van der Waals surface area contributed by atoms with E-state index in [9.17, 15) is 9.90 Å². The molecular formula is C26H35N3O6S. The van der Waals surface area contributed by atoms with Crippen molar-refractivity contribution in [3.05, 3.63) is 42.0 Å². The summed E-state index contributed by atoms with van der Waals surface area (Å²) in [5.74, 6) is 2.18. The van der Waals surface area contributed by atoms with Crippen LogP contribution >= 0.6 is 11.8 Å². The van der Waals surface area contributed by atoms with E-state index in [0.717, 1.165) is 23.3 Å². The molecule has 0 bridgehead atoms. The van der Waals surface area contributed by atoms with E-state index in [0.29, 0.717) is 49.2 Å². The van der Waals surface area contributed by atoms with Crippen molar-refractivity contribution >= 4 is 17.7 Å². The number of rotatable bonds is 10. The summed E-state index contributed by atoms with van der Waals surface area (Å²) in [4.78, 5) is 15.6. The number of ether oxygens (including phenoxy) is 4. The van der Waals surface area contributed by atoms with Gasteiger partial charge in [-0.25, -0.2) is 0 Å². The van der Waals surface area contributed by atoms with Gasteiger partial charge in [0.2, 0.25) is 5.91 Å². The van der Waals surface area contributed by atoms with Crippen molar-refractivity contribution in [1.29, 1.82) is 0 Å². The van der Waals surface area contributed by atoms with Gasteiger partial charge >= 0.3 is 0 Å². The number of hydrogen-bond donors (Lipinski definition) is 3. The molecule has 9 nitrogen and oxygen atoms in total. The van der Waals surface area contributed by atoms with E-state index in [-0.39, 0.29) is 6.04 Å². The second-order valence-corrected chi connectivity index (χ2v) is 9.90. The molecule has 10 heteroatoms. The van der Waals surface area contributed by atoms with Gasteiger partial charge in [0.05, 0.1) is 14.2 Å². The fraction of sp³-hybridized carbons (Fsp3) is 0.500. The van der Waals surface area contributed by atoms with E-state index in [2.05, 4.69) is 10.2 Å². The Kier molecular flexibility index (Phi) is 8.84. The van der Waals surface area contributed by atoms with Crippen molar-refractivity contribution in [3.8, 4) is 23.0 Å². The average molecular weight is 518 g/mol. The van der Waals surface area contributed by atoms with E-state index in [1.807, 2.05) is 36.6 Å². The monoisotopic (exact) mass is 517 g/mol. The van der Waals surface area contributed by atoms with Crippen LogP contribution in [0.15, 0.2) is 41.3 Å². The molecule has 0 saturated carbocycles. The number of piperidine rings is 1. The van der Waals surface area contributed by atoms with Gasteiger partial charge in [-0.15, -0.1) is 11.8 Å². The third-order valence-electron chi connectivity index (χ3n) is 6.73. The summed E-state index contributed by atoms with van der Waals surface area (Å²) in [5.41, 5.74) is 6.56. The highest BCUT2D eigenvalue weighted by Crippen LogP contribution is 2.35. The van der Waals surface area contributed by atoms with Gasteiger partial charge in [-0.2, -0.15) is 0 Å². The first-order valence-corrected chi connectivity index (χ1v) is 13.3. The topological polar surface area (TPSA) is 116 Å². The van der Waals surface area contributed by atoms with Gasteiger partial charge < -0.3 is 35.1 Å². The molecule has 4 N–H and O–H groups in total.